The third-order valence-corrected chi connectivity index (χ3v) is 4.75. The Labute approximate surface area is 166 Å². The second-order valence-corrected chi connectivity index (χ2v) is 6.84. The minimum Gasteiger partial charge on any atom is -0.481 e. The van der Waals surface area contributed by atoms with Crippen LogP contribution in [0.2, 0.25) is 5.02 Å². The molecule has 7 heteroatoms. The standard InChI is InChI=1S/C19H18BrClN2O3/c1-3-26-19(24)10-15(12-6-7-23-18(8-12)25-2)16(11-22)14-5-4-13(20)9-17(14)21/h4-9,15-16H,3,10H2,1-2H3. The van der Waals surface area contributed by atoms with Crippen molar-refractivity contribution in [1.82, 2.24) is 4.98 Å². The summed E-state index contributed by atoms with van der Waals surface area (Å²) in [7, 11) is 1.51. The third-order valence-electron chi connectivity index (χ3n) is 3.93. The summed E-state index contributed by atoms with van der Waals surface area (Å²) in [6.07, 6.45) is 1.63. The van der Waals surface area contributed by atoms with E-state index in [9.17, 15) is 10.1 Å². The largest absolute Gasteiger partial charge is 0.481 e. The monoisotopic (exact) mass is 436 g/mol. The van der Waals surface area contributed by atoms with Gasteiger partial charge in [0.15, 0.2) is 0 Å². The minimum absolute atomic E-state index is 0.0472. The van der Waals surface area contributed by atoms with E-state index in [1.54, 1.807) is 37.4 Å². The fraction of sp³-hybridized carbons (Fsp3) is 0.316. The number of aromatic nitrogens is 1. The van der Waals surface area contributed by atoms with Crippen LogP contribution in [0, 0.1) is 11.3 Å². The molecule has 26 heavy (non-hydrogen) atoms. The summed E-state index contributed by atoms with van der Waals surface area (Å²) in [6, 6.07) is 11.1. The number of carbonyl (C=O) groups is 1. The van der Waals surface area contributed by atoms with E-state index < -0.39 is 11.8 Å². The molecule has 2 rings (SSSR count). The number of rotatable bonds is 7. The van der Waals surface area contributed by atoms with E-state index in [1.807, 2.05) is 6.07 Å². The van der Waals surface area contributed by atoms with Gasteiger partial charge in [0.2, 0.25) is 5.88 Å². The number of nitriles is 1. The number of hydrogen-bond donors (Lipinski definition) is 0. The minimum atomic E-state index is -0.632. The van der Waals surface area contributed by atoms with Crippen molar-refractivity contribution in [3.8, 4) is 11.9 Å². The smallest absolute Gasteiger partial charge is 0.306 e. The first-order chi connectivity index (χ1) is 12.5. The molecule has 2 atom stereocenters. The summed E-state index contributed by atoms with van der Waals surface area (Å²) in [5.74, 6) is -1.04. The number of carbonyl (C=O) groups excluding carboxylic acids is 1. The van der Waals surface area contributed by atoms with Crippen LogP contribution in [0.5, 0.6) is 5.88 Å². The van der Waals surface area contributed by atoms with Crippen LogP contribution in [0.1, 0.15) is 36.3 Å². The van der Waals surface area contributed by atoms with Crippen LogP contribution >= 0.6 is 27.5 Å². The Morgan fingerprint density at radius 3 is 2.77 bits per heavy atom. The molecular weight excluding hydrogens is 420 g/mol. The zero-order valence-corrected chi connectivity index (χ0v) is 16.8. The lowest BCUT2D eigenvalue weighted by atomic mass is 9.80. The van der Waals surface area contributed by atoms with Crippen molar-refractivity contribution in [2.45, 2.75) is 25.2 Å². The molecule has 0 aliphatic carbocycles. The first kappa shape index (κ1) is 20.2. The molecule has 0 saturated heterocycles. The van der Waals surface area contributed by atoms with Crippen LogP contribution in [0.4, 0.5) is 0 Å². The topological polar surface area (TPSA) is 72.2 Å². The van der Waals surface area contributed by atoms with Crippen LogP contribution < -0.4 is 4.74 Å². The lowest BCUT2D eigenvalue weighted by Gasteiger charge is -2.23. The molecule has 1 aromatic heterocycles. The predicted molar refractivity (Wildman–Crippen MR) is 102 cm³/mol. The molecule has 0 fully saturated rings. The Balaban J connectivity index is 2.49. The molecule has 0 spiro atoms. The highest BCUT2D eigenvalue weighted by Gasteiger charge is 2.30. The Morgan fingerprint density at radius 1 is 1.38 bits per heavy atom. The predicted octanol–water partition coefficient (Wildman–Crippen LogP) is 4.85. The van der Waals surface area contributed by atoms with Gasteiger partial charge >= 0.3 is 5.97 Å². The lowest BCUT2D eigenvalue weighted by molar-refractivity contribution is -0.143. The van der Waals surface area contributed by atoms with Crippen LogP contribution in [0.25, 0.3) is 0 Å². The highest BCUT2D eigenvalue weighted by Crippen LogP contribution is 2.39. The first-order valence-corrected chi connectivity index (χ1v) is 9.17. The SMILES string of the molecule is CCOC(=O)CC(c1ccnc(OC)c1)C(C#N)c1ccc(Br)cc1Cl. The van der Waals surface area contributed by atoms with Gasteiger partial charge in [-0.25, -0.2) is 4.98 Å². The van der Waals surface area contributed by atoms with Gasteiger partial charge in [-0.05, 0) is 36.2 Å². The quantitative estimate of drug-likeness (QED) is 0.579. The van der Waals surface area contributed by atoms with E-state index in [-0.39, 0.29) is 19.0 Å². The number of hydrogen-bond acceptors (Lipinski definition) is 5. The second kappa shape index (κ2) is 9.56. The summed E-state index contributed by atoms with van der Waals surface area (Å²) < 4.78 is 11.1. The van der Waals surface area contributed by atoms with Crippen LogP contribution in [-0.4, -0.2) is 24.7 Å². The maximum atomic E-state index is 12.2. The van der Waals surface area contributed by atoms with E-state index in [4.69, 9.17) is 21.1 Å². The maximum Gasteiger partial charge on any atom is 0.306 e. The molecule has 0 bridgehead atoms. The fourth-order valence-electron chi connectivity index (χ4n) is 2.72. The van der Waals surface area contributed by atoms with Crippen molar-refractivity contribution in [2.24, 2.45) is 0 Å². The fourth-order valence-corrected chi connectivity index (χ4v) is 3.52. The van der Waals surface area contributed by atoms with Gasteiger partial charge in [0.1, 0.15) is 0 Å². The zero-order valence-electron chi connectivity index (χ0n) is 14.4. The van der Waals surface area contributed by atoms with E-state index in [0.29, 0.717) is 16.5 Å². The molecule has 5 nitrogen and oxygen atoms in total. The number of benzene rings is 1. The Kier molecular flexibility index (Phi) is 7.43. The van der Waals surface area contributed by atoms with E-state index in [2.05, 4.69) is 27.0 Å². The molecule has 2 unspecified atom stereocenters. The summed E-state index contributed by atoms with van der Waals surface area (Å²) in [5, 5.41) is 10.3. The highest BCUT2D eigenvalue weighted by molar-refractivity contribution is 9.10. The molecule has 0 N–H and O–H groups in total. The van der Waals surface area contributed by atoms with Gasteiger partial charge < -0.3 is 9.47 Å². The molecule has 0 radical (unpaired) electrons. The molecule has 136 valence electrons. The highest BCUT2D eigenvalue weighted by atomic mass is 79.9. The molecule has 0 amide bonds. The normalized spacial score (nSPS) is 12.7. The third kappa shape index (κ3) is 4.96. The molecule has 0 saturated carbocycles. The molecule has 0 aliphatic heterocycles. The molecule has 2 aromatic rings. The van der Waals surface area contributed by atoms with Crippen molar-refractivity contribution < 1.29 is 14.3 Å². The van der Waals surface area contributed by atoms with E-state index in [1.165, 1.54) is 7.11 Å². The average molecular weight is 438 g/mol. The van der Waals surface area contributed by atoms with E-state index in [0.717, 1.165) is 10.0 Å². The summed E-state index contributed by atoms with van der Waals surface area (Å²) >= 11 is 9.72. The van der Waals surface area contributed by atoms with Gasteiger partial charge in [-0.3, -0.25) is 4.79 Å². The summed E-state index contributed by atoms with van der Waals surface area (Å²) in [4.78, 5) is 16.2. The molecular formula is C19H18BrClN2O3. The van der Waals surface area contributed by atoms with Crippen molar-refractivity contribution in [1.29, 1.82) is 5.26 Å². The van der Waals surface area contributed by atoms with Crippen molar-refractivity contribution >= 4 is 33.5 Å². The molecule has 1 aromatic carbocycles. The zero-order chi connectivity index (χ0) is 19.1. The summed E-state index contributed by atoms with van der Waals surface area (Å²) in [5.41, 5.74) is 1.41. The lowest BCUT2D eigenvalue weighted by Crippen LogP contribution is -2.17. The number of pyridine rings is 1. The van der Waals surface area contributed by atoms with Gasteiger partial charge in [-0.15, -0.1) is 0 Å². The maximum absolute atomic E-state index is 12.2. The average Bonchev–Trinajstić information content (AvgIpc) is 2.63. The number of nitrogens with zero attached hydrogens (tertiary/aromatic N) is 2. The van der Waals surface area contributed by atoms with Gasteiger partial charge in [0.05, 0.1) is 32.1 Å². The van der Waals surface area contributed by atoms with Crippen LogP contribution in [-0.2, 0) is 9.53 Å². The van der Waals surface area contributed by atoms with Crippen molar-refractivity contribution in [3.63, 3.8) is 0 Å². The molecule has 0 aliphatic rings. The molecule has 1 heterocycles. The number of halogens is 2. The van der Waals surface area contributed by atoms with Gasteiger partial charge in [0.25, 0.3) is 0 Å². The summed E-state index contributed by atoms with van der Waals surface area (Å²) in [6.45, 7) is 2.03. The Hall–Kier alpha value is -2.10. The number of esters is 1. The van der Waals surface area contributed by atoms with Crippen LogP contribution in [0.3, 0.4) is 0 Å². The van der Waals surface area contributed by atoms with E-state index >= 15 is 0 Å². The number of methoxy groups -OCH3 is 1. The van der Waals surface area contributed by atoms with Gasteiger partial charge in [-0.1, -0.05) is 33.6 Å². The first-order valence-electron chi connectivity index (χ1n) is 8.00. The Morgan fingerprint density at radius 2 is 2.15 bits per heavy atom. The van der Waals surface area contributed by atoms with Crippen molar-refractivity contribution in [3.05, 3.63) is 57.2 Å². The van der Waals surface area contributed by atoms with Crippen LogP contribution in [0.15, 0.2) is 41.0 Å². The van der Waals surface area contributed by atoms with Gasteiger partial charge in [-0.2, -0.15) is 5.26 Å². The van der Waals surface area contributed by atoms with Gasteiger partial charge in [0, 0.05) is 27.7 Å². The van der Waals surface area contributed by atoms with Crippen molar-refractivity contribution in [2.75, 3.05) is 13.7 Å². The Bertz CT molecular complexity index is 823. The number of ether oxygens (including phenoxy) is 2. The second-order valence-electron chi connectivity index (χ2n) is 5.52.